The number of hydrogen-bond donors (Lipinski definition) is 2. The lowest BCUT2D eigenvalue weighted by Crippen LogP contribution is -2.33. The second kappa shape index (κ2) is 8.66. The van der Waals surface area contributed by atoms with Crippen LogP contribution in [-0.2, 0) is 11.3 Å². The first kappa shape index (κ1) is 19.5. The Bertz CT molecular complexity index is 1260. The number of rotatable bonds is 7. The van der Waals surface area contributed by atoms with E-state index < -0.39 is 17.2 Å². The van der Waals surface area contributed by atoms with E-state index in [-0.39, 0.29) is 23.3 Å². The third kappa shape index (κ3) is 4.58. The van der Waals surface area contributed by atoms with Crippen LogP contribution >= 0.6 is 11.8 Å². The van der Waals surface area contributed by atoms with Gasteiger partial charge in [-0.2, -0.15) is 0 Å². The minimum absolute atomic E-state index is 0.0511. The molecule has 0 saturated heterocycles. The minimum Gasteiger partial charge on any atom is -0.467 e. The standard InChI is InChI=1S/C19H15N5O5S/c25-15-9-14(24(18(27)21-15)10-13-7-4-8-28-13)20-16(26)11-30-19-23-22-17(29-19)12-5-2-1-3-6-12/h1-9H,10-11H2,(H,20,26)(H,21,25,27). The molecule has 3 heterocycles. The summed E-state index contributed by atoms with van der Waals surface area (Å²) < 4.78 is 12.0. The molecule has 2 N–H and O–H groups in total. The summed E-state index contributed by atoms with van der Waals surface area (Å²) in [6.45, 7) is 0.0511. The molecule has 0 fully saturated rings. The Hall–Kier alpha value is -3.86. The molecule has 0 aliphatic rings. The smallest absolute Gasteiger partial charge is 0.330 e. The lowest BCUT2D eigenvalue weighted by atomic mass is 10.2. The van der Waals surface area contributed by atoms with Crippen molar-refractivity contribution in [2.45, 2.75) is 11.8 Å². The summed E-state index contributed by atoms with van der Waals surface area (Å²) in [7, 11) is 0. The van der Waals surface area contributed by atoms with Crippen molar-refractivity contribution in [3.05, 3.63) is 81.4 Å². The topological polar surface area (TPSA) is 136 Å². The van der Waals surface area contributed by atoms with E-state index >= 15 is 0 Å². The molecule has 0 atom stereocenters. The number of nitrogens with zero attached hydrogens (tertiary/aromatic N) is 3. The van der Waals surface area contributed by atoms with Gasteiger partial charge in [-0.05, 0) is 24.3 Å². The second-order valence-electron chi connectivity index (χ2n) is 6.07. The summed E-state index contributed by atoms with van der Waals surface area (Å²) in [5.41, 5.74) is -0.513. The maximum absolute atomic E-state index is 12.4. The van der Waals surface area contributed by atoms with E-state index in [4.69, 9.17) is 8.83 Å². The number of aromatic amines is 1. The van der Waals surface area contributed by atoms with Gasteiger partial charge in [-0.15, -0.1) is 10.2 Å². The number of amides is 1. The average Bonchev–Trinajstić information content (AvgIpc) is 3.42. The van der Waals surface area contributed by atoms with E-state index in [1.807, 2.05) is 30.3 Å². The van der Waals surface area contributed by atoms with Crippen molar-refractivity contribution in [2.24, 2.45) is 0 Å². The predicted octanol–water partition coefficient (Wildman–Crippen LogP) is 1.96. The summed E-state index contributed by atoms with van der Waals surface area (Å²) in [6, 6.07) is 13.7. The summed E-state index contributed by atoms with van der Waals surface area (Å²) >= 11 is 1.04. The van der Waals surface area contributed by atoms with Crippen LogP contribution in [0.4, 0.5) is 5.82 Å². The molecule has 3 aromatic heterocycles. The van der Waals surface area contributed by atoms with Gasteiger partial charge in [0, 0.05) is 11.6 Å². The highest BCUT2D eigenvalue weighted by Crippen LogP contribution is 2.22. The Morgan fingerprint density at radius 1 is 1.13 bits per heavy atom. The highest BCUT2D eigenvalue weighted by Gasteiger charge is 2.14. The van der Waals surface area contributed by atoms with E-state index in [9.17, 15) is 14.4 Å². The average molecular weight is 425 g/mol. The lowest BCUT2D eigenvalue weighted by molar-refractivity contribution is -0.113. The number of carbonyl (C=O) groups excluding carboxylic acids is 1. The van der Waals surface area contributed by atoms with Crippen LogP contribution in [0.15, 0.2) is 78.4 Å². The molecule has 4 aromatic rings. The maximum atomic E-state index is 12.4. The Morgan fingerprint density at radius 2 is 1.97 bits per heavy atom. The van der Waals surface area contributed by atoms with Gasteiger partial charge in [0.1, 0.15) is 11.6 Å². The van der Waals surface area contributed by atoms with Crippen molar-refractivity contribution in [2.75, 3.05) is 11.1 Å². The van der Waals surface area contributed by atoms with Gasteiger partial charge >= 0.3 is 5.69 Å². The predicted molar refractivity (Wildman–Crippen MR) is 108 cm³/mol. The zero-order chi connectivity index (χ0) is 20.9. The molecule has 4 rings (SSSR count). The van der Waals surface area contributed by atoms with E-state index in [0.29, 0.717) is 11.7 Å². The van der Waals surface area contributed by atoms with Crippen molar-refractivity contribution >= 4 is 23.5 Å². The molecule has 1 aromatic carbocycles. The van der Waals surface area contributed by atoms with Gasteiger partial charge in [0.25, 0.3) is 10.8 Å². The van der Waals surface area contributed by atoms with E-state index in [0.717, 1.165) is 23.4 Å². The van der Waals surface area contributed by atoms with Crippen LogP contribution in [0.1, 0.15) is 5.76 Å². The Kier molecular flexibility index (Phi) is 5.61. The summed E-state index contributed by atoms with van der Waals surface area (Å²) in [5, 5.41) is 10.7. The molecule has 152 valence electrons. The van der Waals surface area contributed by atoms with Gasteiger partial charge in [0.2, 0.25) is 11.8 Å². The highest BCUT2D eigenvalue weighted by molar-refractivity contribution is 7.99. The number of benzene rings is 1. The molecular formula is C19H15N5O5S. The fourth-order valence-electron chi connectivity index (χ4n) is 2.61. The van der Waals surface area contributed by atoms with Crippen LogP contribution < -0.4 is 16.6 Å². The van der Waals surface area contributed by atoms with E-state index in [2.05, 4.69) is 20.5 Å². The number of thioether (sulfide) groups is 1. The molecular weight excluding hydrogens is 410 g/mol. The molecule has 0 aliphatic heterocycles. The van der Waals surface area contributed by atoms with Crippen LogP contribution in [0, 0.1) is 0 Å². The highest BCUT2D eigenvalue weighted by atomic mass is 32.2. The number of anilines is 1. The largest absolute Gasteiger partial charge is 0.467 e. The molecule has 11 heteroatoms. The summed E-state index contributed by atoms with van der Waals surface area (Å²) in [5.74, 6) is 0.394. The van der Waals surface area contributed by atoms with Gasteiger partial charge in [0.15, 0.2) is 0 Å². The third-order valence-electron chi connectivity index (χ3n) is 3.95. The summed E-state index contributed by atoms with van der Waals surface area (Å²) in [4.78, 5) is 38.4. The second-order valence-corrected chi connectivity index (χ2v) is 6.99. The number of carbonyl (C=O) groups is 1. The number of furan rings is 1. The Labute approximate surface area is 173 Å². The van der Waals surface area contributed by atoms with Gasteiger partial charge in [-0.25, -0.2) is 4.79 Å². The van der Waals surface area contributed by atoms with Crippen LogP contribution in [0.5, 0.6) is 0 Å². The van der Waals surface area contributed by atoms with Crippen LogP contribution in [-0.4, -0.2) is 31.4 Å². The first-order valence-electron chi connectivity index (χ1n) is 8.76. The first-order valence-corrected chi connectivity index (χ1v) is 9.75. The van der Waals surface area contributed by atoms with Crippen LogP contribution in [0.25, 0.3) is 11.5 Å². The molecule has 0 aliphatic carbocycles. The minimum atomic E-state index is -0.661. The number of H-pyrrole nitrogens is 1. The first-order chi connectivity index (χ1) is 14.6. The zero-order valence-electron chi connectivity index (χ0n) is 15.4. The monoisotopic (exact) mass is 425 g/mol. The van der Waals surface area contributed by atoms with Crippen LogP contribution in [0.2, 0.25) is 0 Å². The van der Waals surface area contributed by atoms with Gasteiger partial charge in [0.05, 0.1) is 18.6 Å². The molecule has 0 unspecified atom stereocenters. The Balaban J connectivity index is 1.44. The fraction of sp³-hybridized carbons (Fsp3) is 0.105. The molecule has 0 spiro atoms. The van der Waals surface area contributed by atoms with Crippen molar-refractivity contribution in [1.82, 2.24) is 19.7 Å². The summed E-state index contributed by atoms with van der Waals surface area (Å²) in [6.07, 6.45) is 1.47. The van der Waals surface area contributed by atoms with Crippen molar-refractivity contribution < 1.29 is 13.6 Å². The molecule has 1 amide bonds. The maximum Gasteiger partial charge on any atom is 0.330 e. The molecule has 0 saturated carbocycles. The fourth-order valence-corrected chi connectivity index (χ4v) is 3.17. The van der Waals surface area contributed by atoms with E-state index in [1.165, 1.54) is 10.8 Å². The quantitative estimate of drug-likeness (QED) is 0.429. The number of aromatic nitrogens is 4. The third-order valence-corrected chi connectivity index (χ3v) is 4.77. The normalized spacial score (nSPS) is 10.8. The number of hydrogen-bond acceptors (Lipinski definition) is 8. The van der Waals surface area contributed by atoms with Crippen molar-refractivity contribution in [1.29, 1.82) is 0 Å². The SMILES string of the molecule is O=C(CSc1nnc(-c2ccccc2)o1)Nc1cc(=O)[nH]c(=O)n1Cc1ccco1. The molecule has 30 heavy (non-hydrogen) atoms. The number of nitrogens with one attached hydrogen (secondary N) is 2. The van der Waals surface area contributed by atoms with Gasteiger partial charge in [-0.3, -0.25) is 19.1 Å². The van der Waals surface area contributed by atoms with Gasteiger partial charge in [-0.1, -0.05) is 30.0 Å². The van der Waals surface area contributed by atoms with Gasteiger partial charge < -0.3 is 14.2 Å². The zero-order valence-corrected chi connectivity index (χ0v) is 16.2. The lowest BCUT2D eigenvalue weighted by Gasteiger charge is -2.11. The molecule has 0 bridgehead atoms. The van der Waals surface area contributed by atoms with Crippen molar-refractivity contribution in [3.63, 3.8) is 0 Å². The van der Waals surface area contributed by atoms with Crippen molar-refractivity contribution in [3.8, 4) is 11.5 Å². The Morgan fingerprint density at radius 3 is 2.73 bits per heavy atom. The molecule has 0 radical (unpaired) electrons. The molecule has 10 nitrogen and oxygen atoms in total. The van der Waals surface area contributed by atoms with E-state index in [1.54, 1.807) is 12.1 Å². The van der Waals surface area contributed by atoms with Crippen LogP contribution in [0.3, 0.4) is 0 Å².